The van der Waals surface area contributed by atoms with Gasteiger partial charge in [-0.2, -0.15) is 0 Å². The number of ether oxygens (including phenoxy) is 4. The van der Waals surface area contributed by atoms with Crippen LogP contribution in [0.1, 0.15) is 0 Å². The van der Waals surface area contributed by atoms with E-state index < -0.39 is 23.7 Å². The summed E-state index contributed by atoms with van der Waals surface area (Å²) in [5, 5.41) is -0.0311. The van der Waals surface area contributed by atoms with Crippen molar-refractivity contribution >= 4 is 29.2 Å². The van der Waals surface area contributed by atoms with Crippen LogP contribution in [0.3, 0.4) is 0 Å². The van der Waals surface area contributed by atoms with Crippen LogP contribution in [0.5, 0.6) is 23.0 Å². The van der Waals surface area contributed by atoms with Crippen molar-refractivity contribution in [3.63, 3.8) is 0 Å². The van der Waals surface area contributed by atoms with Gasteiger partial charge in [-0.15, -0.1) is 0 Å². The predicted molar refractivity (Wildman–Crippen MR) is 134 cm³/mol. The fourth-order valence-electron chi connectivity index (χ4n) is 2.98. The molecule has 0 atom stereocenters. The topological polar surface area (TPSA) is 128 Å². The van der Waals surface area contributed by atoms with E-state index in [1.54, 1.807) is 12.1 Å². The van der Waals surface area contributed by atoms with Gasteiger partial charge in [0.05, 0.1) is 7.11 Å². The van der Waals surface area contributed by atoms with Crippen molar-refractivity contribution in [2.24, 2.45) is 0 Å². The first-order chi connectivity index (χ1) is 17.4. The Kier molecular flexibility index (Phi) is 7.91. The SMILES string of the molecule is COc1ccc(-c2cc(=O)c3c(OC(=O)N(C)C)cc(OC(=O)N(C)C)cc3o2)cc1OC(=O)N(C)C. The van der Waals surface area contributed by atoms with E-state index in [1.807, 2.05) is 0 Å². The molecule has 0 unspecified atom stereocenters. The molecule has 1 aromatic heterocycles. The summed E-state index contributed by atoms with van der Waals surface area (Å²) in [6, 6.07) is 8.45. The van der Waals surface area contributed by atoms with E-state index in [-0.39, 0.29) is 39.7 Å². The lowest BCUT2D eigenvalue weighted by Crippen LogP contribution is -2.26. The minimum Gasteiger partial charge on any atom is -0.493 e. The van der Waals surface area contributed by atoms with Crippen molar-refractivity contribution in [2.45, 2.75) is 0 Å². The Hall–Kier alpha value is -4.74. The zero-order valence-electron chi connectivity index (χ0n) is 21.5. The number of benzene rings is 2. The molecule has 0 spiro atoms. The Morgan fingerprint density at radius 1 is 0.703 bits per heavy atom. The zero-order valence-corrected chi connectivity index (χ0v) is 21.5. The highest BCUT2D eigenvalue weighted by atomic mass is 16.6. The molecule has 3 amide bonds. The molecule has 0 saturated carbocycles. The number of carbonyl (C=O) groups excluding carboxylic acids is 3. The highest BCUT2D eigenvalue weighted by molar-refractivity contribution is 5.89. The Morgan fingerprint density at radius 3 is 1.84 bits per heavy atom. The standard InChI is InChI=1S/C25H27N3O9/c1-26(2)23(30)34-15-11-20-22(21(12-15)37-25(32)28(5)6)16(29)13-18(35-20)14-8-9-17(33-7)19(10-14)36-24(31)27(3)4/h8-13H,1-7H3. The van der Waals surface area contributed by atoms with Crippen molar-refractivity contribution in [3.8, 4) is 34.3 Å². The lowest BCUT2D eigenvalue weighted by molar-refractivity contribution is 0.169. The van der Waals surface area contributed by atoms with Crippen LogP contribution >= 0.6 is 0 Å². The highest BCUT2D eigenvalue weighted by Gasteiger charge is 2.20. The van der Waals surface area contributed by atoms with Crippen molar-refractivity contribution in [1.82, 2.24) is 14.7 Å². The van der Waals surface area contributed by atoms with Crippen LogP contribution in [0.2, 0.25) is 0 Å². The summed E-state index contributed by atoms with van der Waals surface area (Å²) in [6.07, 6.45) is -2.07. The van der Waals surface area contributed by atoms with Gasteiger partial charge >= 0.3 is 18.3 Å². The second-order valence-corrected chi connectivity index (χ2v) is 8.42. The quantitative estimate of drug-likeness (QED) is 0.502. The molecule has 0 N–H and O–H groups in total. The lowest BCUT2D eigenvalue weighted by atomic mass is 10.1. The maximum atomic E-state index is 13.2. The monoisotopic (exact) mass is 513 g/mol. The van der Waals surface area contributed by atoms with Gasteiger partial charge in [0, 0.05) is 66.0 Å². The number of rotatable bonds is 5. The van der Waals surface area contributed by atoms with E-state index in [0.29, 0.717) is 5.56 Å². The third-order valence-electron chi connectivity index (χ3n) is 4.91. The van der Waals surface area contributed by atoms with E-state index in [9.17, 15) is 19.2 Å². The third-order valence-corrected chi connectivity index (χ3v) is 4.91. The van der Waals surface area contributed by atoms with E-state index in [4.69, 9.17) is 23.4 Å². The summed E-state index contributed by atoms with van der Waals surface area (Å²) in [6.45, 7) is 0. The second kappa shape index (κ2) is 10.9. The average Bonchev–Trinajstić information content (AvgIpc) is 2.83. The fraction of sp³-hybridized carbons (Fsp3) is 0.280. The molecule has 196 valence electrons. The van der Waals surface area contributed by atoms with Crippen LogP contribution in [0.25, 0.3) is 22.3 Å². The molecule has 12 heteroatoms. The summed E-state index contributed by atoms with van der Waals surface area (Å²) < 4.78 is 27.3. The van der Waals surface area contributed by atoms with Gasteiger partial charge in [0.2, 0.25) is 0 Å². The van der Waals surface area contributed by atoms with Crippen LogP contribution in [-0.2, 0) is 0 Å². The molecule has 0 aliphatic heterocycles. The molecule has 0 aliphatic rings. The number of hydrogen-bond acceptors (Lipinski definition) is 9. The molecule has 1 heterocycles. The number of fused-ring (bicyclic) bond motifs is 1. The Balaban J connectivity index is 2.18. The molecule has 3 rings (SSSR count). The van der Waals surface area contributed by atoms with Gasteiger partial charge in [-0.25, -0.2) is 14.4 Å². The molecule has 0 fully saturated rings. The molecule has 3 aromatic rings. The van der Waals surface area contributed by atoms with E-state index in [1.165, 1.54) is 88.4 Å². The Morgan fingerprint density at radius 2 is 1.27 bits per heavy atom. The first-order valence-corrected chi connectivity index (χ1v) is 10.9. The van der Waals surface area contributed by atoms with Gasteiger partial charge in [-0.1, -0.05) is 0 Å². The van der Waals surface area contributed by atoms with Crippen LogP contribution < -0.4 is 24.4 Å². The average molecular weight is 514 g/mol. The van der Waals surface area contributed by atoms with Gasteiger partial charge in [-0.3, -0.25) is 4.79 Å². The summed E-state index contributed by atoms with van der Waals surface area (Å²) in [5.74, 6) is 0.355. The van der Waals surface area contributed by atoms with E-state index in [2.05, 4.69) is 0 Å². The van der Waals surface area contributed by atoms with Gasteiger partial charge in [-0.05, 0) is 18.2 Å². The summed E-state index contributed by atoms with van der Waals surface area (Å²) in [5.41, 5.74) is -0.134. The molecule has 2 aromatic carbocycles. The number of methoxy groups -OCH3 is 1. The van der Waals surface area contributed by atoms with Crippen LogP contribution in [0, 0.1) is 0 Å². The normalized spacial score (nSPS) is 10.5. The molecule has 37 heavy (non-hydrogen) atoms. The Labute approximate surface area is 212 Å². The second-order valence-electron chi connectivity index (χ2n) is 8.42. The van der Waals surface area contributed by atoms with Gasteiger partial charge in [0.15, 0.2) is 22.7 Å². The number of carbonyl (C=O) groups is 3. The maximum Gasteiger partial charge on any atom is 0.414 e. The first-order valence-electron chi connectivity index (χ1n) is 10.9. The van der Waals surface area contributed by atoms with Crippen molar-refractivity contribution < 1.29 is 37.7 Å². The first kappa shape index (κ1) is 26.9. The minimum absolute atomic E-state index is 0.00392. The molecule has 0 bridgehead atoms. The number of hydrogen-bond donors (Lipinski definition) is 0. The van der Waals surface area contributed by atoms with Crippen LogP contribution in [0.4, 0.5) is 14.4 Å². The predicted octanol–water partition coefficient (Wildman–Crippen LogP) is 3.65. The zero-order chi connectivity index (χ0) is 27.4. The van der Waals surface area contributed by atoms with Crippen molar-refractivity contribution in [3.05, 3.63) is 46.6 Å². The largest absolute Gasteiger partial charge is 0.493 e. The summed E-state index contributed by atoms with van der Waals surface area (Å²) in [4.78, 5) is 53.2. The fourth-order valence-corrected chi connectivity index (χ4v) is 2.98. The van der Waals surface area contributed by atoms with Gasteiger partial charge < -0.3 is 38.1 Å². The number of amides is 3. The van der Waals surface area contributed by atoms with Gasteiger partial charge in [0.1, 0.15) is 22.5 Å². The van der Waals surface area contributed by atoms with Gasteiger partial charge in [0.25, 0.3) is 0 Å². The van der Waals surface area contributed by atoms with Crippen molar-refractivity contribution in [2.75, 3.05) is 49.4 Å². The smallest absolute Gasteiger partial charge is 0.414 e. The molecule has 0 aliphatic carbocycles. The van der Waals surface area contributed by atoms with E-state index in [0.717, 1.165) is 0 Å². The lowest BCUT2D eigenvalue weighted by Gasteiger charge is -2.16. The number of nitrogens with zero attached hydrogens (tertiary/aromatic N) is 3. The van der Waals surface area contributed by atoms with Crippen molar-refractivity contribution in [1.29, 1.82) is 0 Å². The molecular weight excluding hydrogens is 486 g/mol. The molecular formula is C25H27N3O9. The van der Waals surface area contributed by atoms with E-state index >= 15 is 0 Å². The van der Waals surface area contributed by atoms with Crippen LogP contribution in [-0.4, -0.2) is 82.4 Å². The van der Waals surface area contributed by atoms with Crippen LogP contribution in [0.15, 0.2) is 45.6 Å². The third kappa shape index (κ3) is 6.10. The molecule has 12 nitrogen and oxygen atoms in total. The summed E-state index contributed by atoms with van der Waals surface area (Å²) >= 11 is 0. The Bertz CT molecular complexity index is 1410. The highest BCUT2D eigenvalue weighted by Crippen LogP contribution is 2.36. The minimum atomic E-state index is -0.747. The maximum absolute atomic E-state index is 13.2. The molecule has 0 saturated heterocycles. The molecule has 0 radical (unpaired) electrons. The summed E-state index contributed by atoms with van der Waals surface area (Å²) in [7, 11) is 10.4.